The van der Waals surface area contributed by atoms with Crippen molar-refractivity contribution in [2.75, 3.05) is 6.61 Å². The number of hydrogen-bond acceptors (Lipinski definition) is 3. The Bertz CT molecular complexity index is 681. The zero-order valence-corrected chi connectivity index (χ0v) is 16.1. The Morgan fingerprint density at radius 1 is 1.16 bits per heavy atom. The number of rotatable bonds is 0. The monoisotopic (exact) mass is 344 g/mol. The van der Waals surface area contributed by atoms with Crippen LogP contribution in [0.5, 0.6) is 0 Å². The molecule has 138 valence electrons. The molecule has 2 spiro atoms. The van der Waals surface area contributed by atoms with Gasteiger partial charge >= 0.3 is 0 Å². The molecule has 4 bridgehead atoms. The van der Waals surface area contributed by atoms with Crippen molar-refractivity contribution in [1.29, 1.82) is 0 Å². The van der Waals surface area contributed by atoms with Gasteiger partial charge in [0, 0.05) is 5.41 Å². The van der Waals surface area contributed by atoms with Gasteiger partial charge in [-0.15, -0.1) is 0 Å². The molecular weight excluding hydrogens is 312 g/mol. The van der Waals surface area contributed by atoms with Crippen LogP contribution in [0.2, 0.25) is 0 Å². The number of aliphatic hydroxyl groups excluding tert-OH is 1. The van der Waals surface area contributed by atoms with Gasteiger partial charge in [0.1, 0.15) is 0 Å². The van der Waals surface area contributed by atoms with Gasteiger partial charge in [0.15, 0.2) is 5.78 Å². The number of hydrogen-bond donors (Lipinski definition) is 1. The summed E-state index contributed by atoms with van der Waals surface area (Å²) in [5.41, 5.74) is -0.0859. The van der Waals surface area contributed by atoms with Crippen molar-refractivity contribution in [3.8, 4) is 0 Å². The van der Waals surface area contributed by atoms with Crippen molar-refractivity contribution in [3.63, 3.8) is 0 Å². The number of Topliss-reactive ketones (excluding diaryl/α,β-unsaturated/α-hetero) is 1. The van der Waals surface area contributed by atoms with E-state index < -0.39 is 11.0 Å². The predicted octanol–water partition coefficient (Wildman–Crippen LogP) is 3.75. The van der Waals surface area contributed by atoms with E-state index in [0.717, 1.165) is 37.7 Å². The molecule has 0 amide bonds. The van der Waals surface area contributed by atoms with Crippen molar-refractivity contribution in [2.45, 2.75) is 71.5 Å². The fourth-order valence-corrected chi connectivity index (χ4v) is 8.69. The van der Waals surface area contributed by atoms with Crippen LogP contribution in [-0.2, 0) is 9.53 Å². The van der Waals surface area contributed by atoms with E-state index in [1.165, 1.54) is 0 Å². The minimum Gasteiger partial charge on any atom is -0.392 e. The maximum Gasteiger partial charge on any atom is 0.168 e. The van der Waals surface area contributed by atoms with Gasteiger partial charge in [-0.3, -0.25) is 4.79 Å². The molecule has 3 heteroatoms. The van der Waals surface area contributed by atoms with E-state index >= 15 is 0 Å². The van der Waals surface area contributed by atoms with Crippen molar-refractivity contribution in [2.24, 2.45) is 39.9 Å². The third kappa shape index (κ3) is 1.46. The molecular formula is C22H32O3. The van der Waals surface area contributed by atoms with Crippen LogP contribution in [0.1, 0.15) is 59.8 Å². The van der Waals surface area contributed by atoms with E-state index in [2.05, 4.69) is 34.3 Å². The minimum atomic E-state index is -0.462. The summed E-state index contributed by atoms with van der Waals surface area (Å²) in [5.74, 6) is 1.54. The molecule has 8 atom stereocenters. The maximum atomic E-state index is 13.6. The molecule has 1 N–H and O–H groups in total. The highest BCUT2D eigenvalue weighted by Crippen LogP contribution is 2.78. The standard InChI is InChI=1S/C22H32O3/c1-12-14-6-7-15-21-11-25-20(5,22(15,13(14)2)18(12)24)10-16(21)19(3,4)9-8-17(21)23/h13-17,23H,1,6-11H2,2-5H3/t13-,14+,15+,16-,17+,20?,21+,22+/m1/s1. The second kappa shape index (κ2) is 4.42. The molecule has 0 aromatic rings. The molecule has 2 saturated heterocycles. The summed E-state index contributed by atoms with van der Waals surface area (Å²) in [5, 5.41) is 11.3. The van der Waals surface area contributed by atoms with Crippen LogP contribution in [-0.4, -0.2) is 29.2 Å². The topological polar surface area (TPSA) is 46.5 Å². The molecule has 2 aliphatic heterocycles. The SMILES string of the molecule is C=C1C(=O)[C@]23[C@H](C)[C@H]1CC[C@H]2[C@@]12COC3(C)C[C@@H]1C(C)(C)CC[C@@H]2O. The summed E-state index contributed by atoms with van der Waals surface area (Å²) < 4.78 is 6.55. The van der Waals surface area contributed by atoms with E-state index in [-0.39, 0.29) is 34.6 Å². The molecule has 3 nitrogen and oxygen atoms in total. The molecule has 6 aliphatic rings. The molecule has 0 aromatic carbocycles. The average Bonchev–Trinajstić information content (AvgIpc) is 2.68. The number of ether oxygens (including phenoxy) is 1. The van der Waals surface area contributed by atoms with Crippen LogP contribution in [0, 0.1) is 39.9 Å². The van der Waals surface area contributed by atoms with Crippen LogP contribution in [0.4, 0.5) is 0 Å². The van der Waals surface area contributed by atoms with Gasteiger partial charge in [-0.25, -0.2) is 0 Å². The normalized spacial score (nSPS) is 58.8. The number of aliphatic hydroxyl groups is 1. The fraction of sp³-hybridized carbons (Fsp3) is 0.864. The third-order valence-electron chi connectivity index (χ3n) is 9.79. The largest absolute Gasteiger partial charge is 0.392 e. The highest BCUT2D eigenvalue weighted by molar-refractivity contribution is 6.04. The first-order valence-corrected chi connectivity index (χ1v) is 10.2. The van der Waals surface area contributed by atoms with E-state index in [1.54, 1.807) is 0 Å². The summed E-state index contributed by atoms with van der Waals surface area (Å²) in [7, 11) is 0. The number of ketones is 1. The van der Waals surface area contributed by atoms with Crippen molar-refractivity contribution in [1.82, 2.24) is 0 Å². The van der Waals surface area contributed by atoms with Crippen molar-refractivity contribution >= 4 is 5.78 Å². The quantitative estimate of drug-likeness (QED) is 0.681. The molecule has 4 saturated carbocycles. The summed E-state index contributed by atoms with van der Waals surface area (Å²) in [6.45, 7) is 14.0. The van der Waals surface area contributed by atoms with Crippen LogP contribution in [0.25, 0.3) is 0 Å². The van der Waals surface area contributed by atoms with E-state index in [0.29, 0.717) is 18.4 Å². The molecule has 1 unspecified atom stereocenters. The Morgan fingerprint density at radius 2 is 1.88 bits per heavy atom. The second-order valence-corrected chi connectivity index (χ2v) is 10.7. The summed E-state index contributed by atoms with van der Waals surface area (Å²) in [4.78, 5) is 13.6. The molecule has 2 heterocycles. The summed E-state index contributed by atoms with van der Waals surface area (Å²) in [6, 6.07) is 0. The molecule has 0 aromatic heterocycles. The smallest absolute Gasteiger partial charge is 0.168 e. The number of carbonyl (C=O) groups is 1. The Hall–Kier alpha value is -0.670. The zero-order valence-electron chi connectivity index (χ0n) is 16.1. The Morgan fingerprint density at radius 3 is 2.60 bits per heavy atom. The zero-order chi connectivity index (χ0) is 18.0. The minimum absolute atomic E-state index is 0.199. The Balaban J connectivity index is 1.77. The Kier molecular flexibility index (Phi) is 2.91. The van der Waals surface area contributed by atoms with E-state index in [9.17, 15) is 9.90 Å². The van der Waals surface area contributed by atoms with Gasteiger partial charge in [0.25, 0.3) is 0 Å². The number of fused-ring (bicyclic) bond motifs is 2. The van der Waals surface area contributed by atoms with Gasteiger partial charge in [0.05, 0.1) is 23.7 Å². The first-order chi connectivity index (χ1) is 11.6. The van der Waals surface area contributed by atoms with Crippen LogP contribution in [0.3, 0.4) is 0 Å². The molecule has 25 heavy (non-hydrogen) atoms. The van der Waals surface area contributed by atoms with Gasteiger partial charge < -0.3 is 9.84 Å². The Labute approximate surface area is 151 Å². The fourth-order valence-electron chi connectivity index (χ4n) is 8.69. The van der Waals surface area contributed by atoms with Gasteiger partial charge in [-0.05, 0) is 73.7 Å². The summed E-state index contributed by atoms with van der Waals surface area (Å²) >= 11 is 0. The average molecular weight is 344 g/mol. The van der Waals surface area contributed by atoms with Crippen LogP contribution in [0.15, 0.2) is 12.2 Å². The van der Waals surface area contributed by atoms with Gasteiger partial charge in [-0.2, -0.15) is 0 Å². The van der Waals surface area contributed by atoms with E-state index in [1.807, 2.05) is 0 Å². The van der Waals surface area contributed by atoms with Crippen LogP contribution < -0.4 is 0 Å². The molecule has 6 rings (SSSR count). The second-order valence-electron chi connectivity index (χ2n) is 10.7. The highest BCUT2D eigenvalue weighted by atomic mass is 16.5. The lowest BCUT2D eigenvalue weighted by Crippen LogP contribution is -2.78. The van der Waals surface area contributed by atoms with Crippen LogP contribution >= 0.6 is 0 Å². The highest BCUT2D eigenvalue weighted by Gasteiger charge is 2.81. The maximum absolute atomic E-state index is 13.6. The first kappa shape index (κ1) is 16.5. The molecule has 6 fully saturated rings. The van der Waals surface area contributed by atoms with Crippen molar-refractivity contribution in [3.05, 3.63) is 12.2 Å². The molecule has 4 aliphatic carbocycles. The lowest BCUT2D eigenvalue weighted by atomic mass is 9.34. The van der Waals surface area contributed by atoms with Crippen molar-refractivity contribution < 1.29 is 14.6 Å². The van der Waals surface area contributed by atoms with E-state index in [4.69, 9.17) is 4.74 Å². The number of allylic oxidation sites excluding steroid dienone is 1. The summed E-state index contributed by atoms with van der Waals surface area (Å²) in [6.07, 6.45) is 4.56. The first-order valence-electron chi connectivity index (χ1n) is 10.2. The predicted molar refractivity (Wildman–Crippen MR) is 95.9 cm³/mol. The lowest BCUT2D eigenvalue weighted by Gasteiger charge is -2.75. The van der Waals surface area contributed by atoms with Gasteiger partial charge in [-0.1, -0.05) is 27.4 Å². The number of carbonyl (C=O) groups excluding carboxylic acids is 1. The van der Waals surface area contributed by atoms with Gasteiger partial charge in [0.2, 0.25) is 0 Å². The lowest BCUT2D eigenvalue weighted by molar-refractivity contribution is -0.356. The third-order valence-corrected chi connectivity index (χ3v) is 9.79. The molecule has 0 radical (unpaired) electrons.